The van der Waals surface area contributed by atoms with E-state index in [1.165, 1.54) is 5.56 Å². The number of rotatable bonds is 6. The Morgan fingerprint density at radius 2 is 2.50 bits per heavy atom. The van der Waals surface area contributed by atoms with Crippen LogP contribution >= 0.6 is 11.3 Å². The van der Waals surface area contributed by atoms with Crippen LogP contribution in [0.25, 0.3) is 0 Å². The van der Waals surface area contributed by atoms with Gasteiger partial charge in [-0.25, -0.2) is 0 Å². The number of thiophene rings is 1. The minimum Gasteiger partial charge on any atom is -0.310 e. The van der Waals surface area contributed by atoms with Gasteiger partial charge < -0.3 is 5.32 Å². The van der Waals surface area contributed by atoms with Crippen molar-refractivity contribution in [3.8, 4) is 0 Å². The van der Waals surface area contributed by atoms with E-state index in [0.717, 1.165) is 19.5 Å². The average Bonchev–Trinajstić information content (AvgIpc) is 2.96. The lowest BCUT2D eigenvalue weighted by Crippen LogP contribution is -2.26. The zero-order valence-electron chi connectivity index (χ0n) is 9.47. The number of hydrogen-bond acceptors (Lipinski definition) is 3. The normalized spacial score (nSPS) is 12.8. The molecule has 2 rings (SSSR count). The van der Waals surface area contributed by atoms with Crippen LogP contribution in [0.1, 0.15) is 18.9 Å². The van der Waals surface area contributed by atoms with Crippen molar-refractivity contribution in [2.45, 2.75) is 32.5 Å². The summed E-state index contributed by atoms with van der Waals surface area (Å²) in [5.74, 6) is 0. The molecule has 0 spiro atoms. The Bertz CT molecular complexity index is 342. The van der Waals surface area contributed by atoms with Crippen LogP contribution in [-0.4, -0.2) is 15.8 Å². The molecule has 2 heterocycles. The molecule has 0 aliphatic heterocycles. The Balaban J connectivity index is 1.66. The zero-order valence-corrected chi connectivity index (χ0v) is 10.3. The summed E-state index contributed by atoms with van der Waals surface area (Å²) < 4.78 is 1.97. The maximum atomic E-state index is 4.19. The van der Waals surface area contributed by atoms with E-state index in [9.17, 15) is 0 Å². The Kier molecular flexibility index (Phi) is 4.13. The lowest BCUT2D eigenvalue weighted by atomic mass is 10.2. The molecule has 0 radical (unpaired) electrons. The van der Waals surface area contributed by atoms with Crippen molar-refractivity contribution in [1.29, 1.82) is 0 Å². The molecule has 0 saturated carbocycles. The average molecular weight is 235 g/mol. The van der Waals surface area contributed by atoms with Crippen molar-refractivity contribution < 1.29 is 0 Å². The van der Waals surface area contributed by atoms with E-state index < -0.39 is 0 Å². The van der Waals surface area contributed by atoms with Gasteiger partial charge in [0.1, 0.15) is 0 Å². The summed E-state index contributed by atoms with van der Waals surface area (Å²) in [5, 5.41) is 12.0. The molecule has 4 heteroatoms. The van der Waals surface area contributed by atoms with Crippen LogP contribution in [-0.2, 0) is 13.1 Å². The van der Waals surface area contributed by atoms with Crippen molar-refractivity contribution in [3.05, 3.63) is 40.8 Å². The van der Waals surface area contributed by atoms with Gasteiger partial charge in [-0.1, -0.05) is 0 Å². The molecule has 0 bridgehead atoms. The largest absolute Gasteiger partial charge is 0.310 e. The van der Waals surface area contributed by atoms with Crippen LogP contribution in [0.4, 0.5) is 0 Å². The van der Waals surface area contributed by atoms with Gasteiger partial charge in [-0.05, 0) is 41.8 Å². The minimum atomic E-state index is 0.518. The molecular weight excluding hydrogens is 218 g/mol. The molecule has 86 valence electrons. The van der Waals surface area contributed by atoms with Crippen molar-refractivity contribution in [2.24, 2.45) is 0 Å². The molecule has 2 aromatic heterocycles. The van der Waals surface area contributed by atoms with Gasteiger partial charge in [-0.2, -0.15) is 16.4 Å². The molecule has 0 amide bonds. The Morgan fingerprint density at radius 1 is 1.56 bits per heavy atom. The van der Waals surface area contributed by atoms with Crippen LogP contribution in [0.2, 0.25) is 0 Å². The molecule has 1 unspecified atom stereocenters. The van der Waals surface area contributed by atoms with E-state index >= 15 is 0 Å². The summed E-state index contributed by atoms with van der Waals surface area (Å²) in [6.45, 7) is 4.16. The first-order valence-electron chi connectivity index (χ1n) is 5.56. The van der Waals surface area contributed by atoms with Crippen LogP contribution in [0, 0.1) is 0 Å². The van der Waals surface area contributed by atoms with Gasteiger partial charge in [0.05, 0.1) is 0 Å². The predicted molar refractivity (Wildman–Crippen MR) is 67.5 cm³/mol. The fourth-order valence-corrected chi connectivity index (χ4v) is 2.21. The van der Waals surface area contributed by atoms with E-state index in [-0.39, 0.29) is 0 Å². The molecule has 16 heavy (non-hydrogen) atoms. The Morgan fingerprint density at radius 3 is 3.19 bits per heavy atom. The van der Waals surface area contributed by atoms with Gasteiger partial charge >= 0.3 is 0 Å². The fraction of sp³-hybridized carbons (Fsp3) is 0.417. The maximum absolute atomic E-state index is 4.19. The number of aryl methyl sites for hydroxylation is 1. The van der Waals surface area contributed by atoms with Gasteiger partial charge in [-0.3, -0.25) is 4.68 Å². The van der Waals surface area contributed by atoms with Gasteiger partial charge in [-0.15, -0.1) is 0 Å². The van der Waals surface area contributed by atoms with Crippen LogP contribution in [0.3, 0.4) is 0 Å². The lowest BCUT2D eigenvalue weighted by molar-refractivity contribution is 0.458. The fourth-order valence-electron chi connectivity index (χ4n) is 1.55. The molecule has 1 atom stereocenters. The Hall–Kier alpha value is -1.13. The molecule has 0 aliphatic carbocycles. The molecule has 3 nitrogen and oxygen atoms in total. The van der Waals surface area contributed by atoms with Crippen molar-refractivity contribution in [3.63, 3.8) is 0 Å². The monoisotopic (exact) mass is 235 g/mol. The smallest absolute Gasteiger partial charge is 0.0489 e. The maximum Gasteiger partial charge on any atom is 0.0489 e. The number of hydrogen-bond donors (Lipinski definition) is 1. The summed E-state index contributed by atoms with van der Waals surface area (Å²) in [6, 6.07) is 4.64. The highest BCUT2D eigenvalue weighted by Crippen LogP contribution is 2.06. The van der Waals surface area contributed by atoms with E-state index in [2.05, 4.69) is 34.2 Å². The first kappa shape index (κ1) is 11.4. The molecule has 0 aliphatic rings. The highest BCUT2D eigenvalue weighted by molar-refractivity contribution is 7.07. The lowest BCUT2D eigenvalue weighted by Gasteiger charge is -2.13. The second-order valence-corrected chi connectivity index (χ2v) is 4.75. The topological polar surface area (TPSA) is 29.9 Å². The van der Waals surface area contributed by atoms with Gasteiger partial charge in [0, 0.05) is 31.5 Å². The highest BCUT2D eigenvalue weighted by Gasteiger charge is 2.02. The quantitative estimate of drug-likeness (QED) is 0.833. The second-order valence-electron chi connectivity index (χ2n) is 3.97. The van der Waals surface area contributed by atoms with E-state index in [1.807, 2.05) is 23.1 Å². The standard InChI is InChI=1S/C12H17N3S/c1-11(3-7-15-6-2-5-14-15)13-9-12-4-8-16-10-12/h2,4-6,8,10-11,13H,3,7,9H2,1H3. The third kappa shape index (κ3) is 3.47. The summed E-state index contributed by atoms with van der Waals surface area (Å²) in [5.41, 5.74) is 1.37. The summed E-state index contributed by atoms with van der Waals surface area (Å²) in [6.07, 6.45) is 4.93. The summed E-state index contributed by atoms with van der Waals surface area (Å²) in [7, 11) is 0. The molecule has 0 saturated heterocycles. The summed E-state index contributed by atoms with van der Waals surface area (Å²) in [4.78, 5) is 0. The predicted octanol–water partition coefficient (Wildman–Crippen LogP) is 2.51. The van der Waals surface area contributed by atoms with Crippen molar-refractivity contribution in [2.75, 3.05) is 0 Å². The highest BCUT2D eigenvalue weighted by atomic mass is 32.1. The van der Waals surface area contributed by atoms with Crippen LogP contribution < -0.4 is 5.32 Å². The second kappa shape index (κ2) is 5.82. The van der Waals surface area contributed by atoms with E-state index in [4.69, 9.17) is 0 Å². The SMILES string of the molecule is CC(CCn1cccn1)NCc1ccsc1. The Labute approximate surface area is 100 Å². The number of nitrogens with zero attached hydrogens (tertiary/aromatic N) is 2. The van der Waals surface area contributed by atoms with Gasteiger partial charge in [0.15, 0.2) is 0 Å². The minimum absolute atomic E-state index is 0.518. The molecule has 0 fully saturated rings. The molecule has 1 N–H and O–H groups in total. The molecule has 0 aromatic carbocycles. The van der Waals surface area contributed by atoms with Gasteiger partial charge in [0.2, 0.25) is 0 Å². The first-order valence-corrected chi connectivity index (χ1v) is 6.51. The number of nitrogens with one attached hydrogen (secondary N) is 1. The third-order valence-corrected chi connectivity index (χ3v) is 3.32. The van der Waals surface area contributed by atoms with Crippen molar-refractivity contribution >= 4 is 11.3 Å². The molecular formula is C12H17N3S. The van der Waals surface area contributed by atoms with Crippen molar-refractivity contribution in [1.82, 2.24) is 15.1 Å². The first-order chi connectivity index (χ1) is 7.84. The summed E-state index contributed by atoms with van der Waals surface area (Å²) >= 11 is 1.75. The molecule has 2 aromatic rings. The van der Waals surface area contributed by atoms with Gasteiger partial charge in [0.25, 0.3) is 0 Å². The van der Waals surface area contributed by atoms with E-state index in [1.54, 1.807) is 11.3 Å². The van der Waals surface area contributed by atoms with Crippen LogP contribution in [0.15, 0.2) is 35.3 Å². The zero-order chi connectivity index (χ0) is 11.2. The van der Waals surface area contributed by atoms with E-state index in [0.29, 0.717) is 6.04 Å². The number of aromatic nitrogens is 2. The van der Waals surface area contributed by atoms with Crippen LogP contribution in [0.5, 0.6) is 0 Å². The third-order valence-electron chi connectivity index (χ3n) is 2.59.